The SMILES string of the molecule is CC(C)c1c(C(=O)N2CCCCC2c2cccnc2)cnn1-c1nccc(-c2ccco2)n1. The second-order valence-corrected chi connectivity index (χ2v) is 8.53. The molecule has 1 aliphatic heterocycles. The standard InChI is InChI=1S/C25H26N6O2/c1-17(2)23-19(24(32)30-13-4-3-8-21(30)18-7-5-11-26-15-18)16-28-31(23)25-27-12-10-20(29-25)22-9-6-14-33-22/h5-7,9-12,14-17,21H,3-4,8,13H2,1-2H3. The van der Waals surface area contributed by atoms with Crippen LogP contribution in [0.2, 0.25) is 0 Å². The molecule has 8 heteroatoms. The van der Waals surface area contributed by atoms with Crippen molar-refractivity contribution in [1.82, 2.24) is 29.6 Å². The van der Waals surface area contributed by atoms with Gasteiger partial charge in [0.1, 0.15) is 5.69 Å². The van der Waals surface area contributed by atoms with Gasteiger partial charge in [0.25, 0.3) is 11.9 Å². The van der Waals surface area contributed by atoms with Crippen LogP contribution in [0.15, 0.2) is 65.8 Å². The van der Waals surface area contributed by atoms with Crippen molar-refractivity contribution in [3.63, 3.8) is 0 Å². The van der Waals surface area contributed by atoms with E-state index in [0.29, 0.717) is 29.5 Å². The lowest BCUT2D eigenvalue weighted by Gasteiger charge is -2.36. The number of likely N-dealkylation sites (tertiary alicyclic amines) is 1. The number of amides is 1. The highest BCUT2D eigenvalue weighted by Crippen LogP contribution is 2.33. The van der Waals surface area contributed by atoms with Gasteiger partial charge in [-0.15, -0.1) is 0 Å². The molecule has 4 aromatic rings. The average molecular weight is 443 g/mol. The summed E-state index contributed by atoms with van der Waals surface area (Å²) in [5.74, 6) is 1.10. The van der Waals surface area contributed by atoms with Gasteiger partial charge >= 0.3 is 0 Å². The lowest BCUT2D eigenvalue weighted by molar-refractivity contribution is 0.0609. The molecule has 1 aliphatic rings. The van der Waals surface area contributed by atoms with Crippen molar-refractivity contribution in [2.24, 2.45) is 0 Å². The Bertz CT molecular complexity index is 1230. The molecule has 1 unspecified atom stereocenters. The summed E-state index contributed by atoms with van der Waals surface area (Å²) in [4.78, 5) is 29.1. The number of hydrogen-bond donors (Lipinski definition) is 0. The second kappa shape index (κ2) is 8.97. The molecule has 0 N–H and O–H groups in total. The molecule has 5 rings (SSSR count). The van der Waals surface area contributed by atoms with Gasteiger partial charge < -0.3 is 9.32 Å². The summed E-state index contributed by atoms with van der Waals surface area (Å²) in [5, 5.41) is 4.54. The van der Waals surface area contributed by atoms with Gasteiger partial charge in [-0.2, -0.15) is 5.10 Å². The lowest BCUT2D eigenvalue weighted by Crippen LogP contribution is -2.39. The summed E-state index contributed by atoms with van der Waals surface area (Å²) in [5.41, 5.74) is 3.12. The Morgan fingerprint density at radius 2 is 2.03 bits per heavy atom. The number of nitrogens with zero attached hydrogens (tertiary/aromatic N) is 6. The van der Waals surface area contributed by atoms with E-state index in [1.807, 2.05) is 35.4 Å². The molecular formula is C25H26N6O2. The van der Waals surface area contributed by atoms with Gasteiger partial charge in [0.15, 0.2) is 5.76 Å². The molecule has 4 aromatic heterocycles. The van der Waals surface area contributed by atoms with E-state index in [0.717, 1.165) is 30.5 Å². The second-order valence-electron chi connectivity index (χ2n) is 8.53. The number of furan rings is 1. The Morgan fingerprint density at radius 1 is 1.12 bits per heavy atom. The minimum atomic E-state index is -0.0132. The largest absolute Gasteiger partial charge is 0.463 e. The van der Waals surface area contributed by atoms with E-state index in [-0.39, 0.29) is 17.9 Å². The molecule has 0 bridgehead atoms. The minimum absolute atomic E-state index is 0.0132. The third kappa shape index (κ3) is 4.04. The molecule has 0 radical (unpaired) electrons. The van der Waals surface area contributed by atoms with Crippen LogP contribution in [0, 0.1) is 0 Å². The molecule has 0 saturated carbocycles. The van der Waals surface area contributed by atoms with E-state index in [4.69, 9.17) is 4.42 Å². The predicted octanol–water partition coefficient (Wildman–Crippen LogP) is 4.81. The Morgan fingerprint density at radius 3 is 2.79 bits per heavy atom. The zero-order valence-corrected chi connectivity index (χ0v) is 18.8. The van der Waals surface area contributed by atoms with Crippen LogP contribution in [0.25, 0.3) is 17.4 Å². The van der Waals surface area contributed by atoms with Crippen molar-refractivity contribution in [3.05, 3.63) is 78.2 Å². The molecule has 8 nitrogen and oxygen atoms in total. The highest BCUT2D eigenvalue weighted by molar-refractivity contribution is 5.95. The van der Waals surface area contributed by atoms with Crippen LogP contribution < -0.4 is 0 Å². The Balaban J connectivity index is 1.52. The molecule has 1 atom stereocenters. The summed E-state index contributed by atoms with van der Waals surface area (Å²) in [6.45, 7) is 4.82. The summed E-state index contributed by atoms with van der Waals surface area (Å²) >= 11 is 0. The van der Waals surface area contributed by atoms with Gasteiger partial charge in [-0.25, -0.2) is 14.6 Å². The van der Waals surface area contributed by atoms with Crippen LogP contribution in [0.1, 0.15) is 66.7 Å². The Hall–Kier alpha value is -3.81. The molecule has 0 aromatic carbocycles. The number of aromatic nitrogens is 5. The molecule has 1 saturated heterocycles. The maximum atomic E-state index is 13.8. The number of carbonyl (C=O) groups is 1. The normalized spacial score (nSPS) is 16.3. The van der Waals surface area contributed by atoms with Crippen LogP contribution in [-0.2, 0) is 0 Å². The van der Waals surface area contributed by atoms with Crippen LogP contribution >= 0.6 is 0 Å². The number of hydrogen-bond acceptors (Lipinski definition) is 6. The maximum Gasteiger partial charge on any atom is 0.257 e. The van der Waals surface area contributed by atoms with Gasteiger partial charge in [-0.3, -0.25) is 9.78 Å². The first kappa shape index (κ1) is 21.1. The lowest BCUT2D eigenvalue weighted by atomic mass is 9.95. The monoisotopic (exact) mass is 442 g/mol. The van der Waals surface area contributed by atoms with Crippen molar-refractivity contribution in [2.45, 2.75) is 45.1 Å². The molecule has 1 amide bonds. The highest BCUT2D eigenvalue weighted by atomic mass is 16.3. The quantitative estimate of drug-likeness (QED) is 0.441. The van der Waals surface area contributed by atoms with Crippen molar-refractivity contribution >= 4 is 5.91 Å². The van der Waals surface area contributed by atoms with Gasteiger partial charge in [-0.1, -0.05) is 19.9 Å². The Labute approximate surface area is 192 Å². The van der Waals surface area contributed by atoms with Crippen molar-refractivity contribution in [1.29, 1.82) is 0 Å². The van der Waals surface area contributed by atoms with E-state index in [1.165, 1.54) is 0 Å². The van der Waals surface area contributed by atoms with Crippen LogP contribution in [0.4, 0.5) is 0 Å². The van der Waals surface area contributed by atoms with E-state index < -0.39 is 0 Å². The first-order valence-corrected chi connectivity index (χ1v) is 11.3. The fourth-order valence-corrected chi connectivity index (χ4v) is 4.50. The molecule has 33 heavy (non-hydrogen) atoms. The van der Waals surface area contributed by atoms with E-state index in [1.54, 1.807) is 35.6 Å². The summed E-state index contributed by atoms with van der Waals surface area (Å²) in [6.07, 6.45) is 11.6. The molecule has 5 heterocycles. The van der Waals surface area contributed by atoms with Crippen molar-refractivity contribution in [2.75, 3.05) is 6.54 Å². The van der Waals surface area contributed by atoms with E-state index in [9.17, 15) is 4.79 Å². The van der Waals surface area contributed by atoms with Crippen LogP contribution in [0.5, 0.6) is 0 Å². The van der Waals surface area contributed by atoms with E-state index >= 15 is 0 Å². The number of piperidine rings is 1. The van der Waals surface area contributed by atoms with Gasteiger partial charge in [0, 0.05) is 25.1 Å². The minimum Gasteiger partial charge on any atom is -0.463 e. The third-order valence-corrected chi connectivity index (χ3v) is 6.02. The first-order valence-electron chi connectivity index (χ1n) is 11.3. The zero-order chi connectivity index (χ0) is 22.8. The summed E-state index contributed by atoms with van der Waals surface area (Å²) < 4.78 is 7.15. The Kier molecular flexibility index (Phi) is 5.73. The molecule has 0 aliphatic carbocycles. The topological polar surface area (TPSA) is 89.9 Å². The highest BCUT2D eigenvalue weighted by Gasteiger charge is 2.32. The molecular weight excluding hydrogens is 416 g/mol. The average Bonchev–Trinajstić information content (AvgIpc) is 3.55. The van der Waals surface area contributed by atoms with Crippen molar-refractivity contribution in [3.8, 4) is 17.4 Å². The van der Waals surface area contributed by atoms with E-state index in [2.05, 4.69) is 33.9 Å². The molecule has 0 spiro atoms. The third-order valence-electron chi connectivity index (χ3n) is 6.02. The van der Waals surface area contributed by atoms with Crippen LogP contribution in [-0.4, -0.2) is 42.1 Å². The fraction of sp³-hybridized carbons (Fsp3) is 0.320. The summed E-state index contributed by atoms with van der Waals surface area (Å²) in [7, 11) is 0. The van der Waals surface area contributed by atoms with Crippen molar-refractivity contribution < 1.29 is 9.21 Å². The zero-order valence-electron chi connectivity index (χ0n) is 18.8. The summed E-state index contributed by atoms with van der Waals surface area (Å²) in [6, 6.07) is 9.44. The first-order chi connectivity index (χ1) is 16.1. The van der Waals surface area contributed by atoms with Gasteiger partial charge in [0.2, 0.25) is 0 Å². The fourth-order valence-electron chi connectivity index (χ4n) is 4.50. The number of rotatable bonds is 5. The van der Waals surface area contributed by atoms with Gasteiger partial charge in [-0.05, 0) is 55.0 Å². The molecule has 168 valence electrons. The maximum absolute atomic E-state index is 13.8. The van der Waals surface area contributed by atoms with Gasteiger partial charge in [0.05, 0.1) is 29.8 Å². The smallest absolute Gasteiger partial charge is 0.257 e. The predicted molar refractivity (Wildman–Crippen MR) is 123 cm³/mol. The number of pyridine rings is 1. The van der Waals surface area contributed by atoms with Crippen LogP contribution in [0.3, 0.4) is 0 Å². The number of carbonyl (C=O) groups excluding carboxylic acids is 1. The molecule has 1 fully saturated rings.